The molecule has 4 heteroatoms. The quantitative estimate of drug-likeness (QED) is 0.652. The summed E-state index contributed by atoms with van der Waals surface area (Å²) in [6.07, 6.45) is 3.16. The molecule has 1 aromatic carbocycles. The number of ether oxygens (including phenoxy) is 1. The maximum Gasteiger partial charge on any atom is 0.257 e. The van der Waals surface area contributed by atoms with Gasteiger partial charge in [0.15, 0.2) is 6.61 Å². The minimum Gasteiger partial charge on any atom is -0.483 e. The molecule has 1 rings (SSSR count). The largest absolute Gasteiger partial charge is 0.483 e. The van der Waals surface area contributed by atoms with Crippen molar-refractivity contribution < 1.29 is 9.53 Å². The lowest BCUT2D eigenvalue weighted by atomic mass is 10.1. The lowest BCUT2D eigenvalue weighted by molar-refractivity contribution is -0.123. The van der Waals surface area contributed by atoms with E-state index in [2.05, 4.69) is 31.4 Å². The molecule has 1 amide bonds. The highest BCUT2D eigenvalue weighted by Crippen LogP contribution is 2.24. The molecule has 21 heavy (non-hydrogen) atoms. The van der Waals surface area contributed by atoms with E-state index in [0.29, 0.717) is 0 Å². The lowest BCUT2D eigenvalue weighted by Crippen LogP contribution is -2.30. The Bertz CT molecular complexity index is 421. The zero-order valence-corrected chi connectivity index (χ0v) is 13.4. The molecule has 0 aliphatic heterocycles. The normalized spacial score (nSPS) is 12.0. The molecule has 0 aromatic heterocycles. The number of carbonyl (C=O) groups excluding carboxylic acids is 1. The lowest BCUT2D eigenvalue weighted by Gasteiger charge is -2.18. The number of para-hydroxylation sites is 1. The Morgan fingerprint density at radius 1 is 1.19 bits per heavy atom. The summed E-state index contributed by atoms with van der Waals surface area (Å²) in [7, 11) is 0. The van der Waals surface area contributed by atoms with Crippen molar-refractivity contribution in [1.29, 1.82) is 0 Å². The van der Waals surface area contributed by atoms with Crippen LogP contribution >= 0.6 is 0 Å². The van der Waals surface area contributed by atoms with Gasteiger partial charge in [-0.05, 0) is 32.4 Å². The van der Waals surface area contributed by atoms with Gasteiger partial charge in [0.1, 0.15) is 5.75 Å². The number of nitrogens with one attached hydrogen (secondary N) is 2. The minimum atomic E-state index is -0.0626. The van der Waals surface area contributed by atoms with Gasteiger partial charge in [0.05, 0.1) is 0 Å². The molecule has 4 nitrogen and oxygen atoms in total. The predicted molar refractivity (Wildman–Crippen MR) is 86.6 cm³/mol. The van der Waals surface area contributed by atoms with E-state index in [1.165, 1.54) is 0 Å². The number of carbonyl (C=O) groups is 1. The van der Waals surface area contributed by atoms with Crippen molar-refractivity contribution in [1.82, 2.24) is 10.6 Å². The van der Waals surface area contributed by atoms with E-state index in [0.717, 1.165) is 43.7 Å². The molecular weight excluding hydrogens is 264 g/mol. The van der Waals surface area contributed by atoms with Crippen LogP contribution in [0.15, 0.2) is 24.3 Å². The third kappa shape index (κ3) is 6.63. The van der Waals surface area contributed by atoms with Gasteiger partial charge in [-0.25, -0.2) is 0 Å². The Hall–Kier alpha value is -1.55. The van der Waals surface area contributed by atoms with Crippen LogP contribution in [0.1, 0.15) is 51.6 Å². The van der Waals surface area contributed by atoms with Gasteiger partial charge in [-0.1, -0.05) is 38.5 Å². The summed E-state index contributed by atoms with van der Waals surface area (Å²) in [6.45, 7) is 8.11. The Morgan fingerprint density at radius 2 is 1.95 bits per heavy atom. The second kappa shape index (κ2) is 10.2. The number of benzene rings is 1. The Balaban J connectivity index is 2.52. The second-order valence-electron chi connectivity index (χ2n) is 5.21. The van der Waals surface area contributed by atoms with E-state index in [-0.39, 0.29) is 18.6 Å². The third-order valence-electron chi connectivity index (χ3n) is 3.30. The van der Waals surface area contributed by atoms with Gasteiger partial charge < -0.3 is 15.4 Å². The van der Waals surface area contributed by atoms with Gasteiger partial charge in [-0.3, -0.25) is 4.79 Å². The van der Waals surface area contributed by atoms with Gasteiger partial charge in [0.2, 0.25) is 0 Å². The molecule has 0 fully saturated rings. The highest BCUT2D eigenvalue weighted by atomic mass is 16.5. The summed E-state index contributed by atoms with van der Waals surface area (Å²) in [6, 6.07) is 8.09. The molecule has 0 bridgehead atoms. The standard InChI is InChI=1S/C17H28N2O2/c1-4-6-12-19-17(20)13-21-16-10-8-7-9-15(16)14(3)18-11-5-2/h7-10,14,18H,4-6,11-13H2,1-3H3,(H,19,20). The van der Waals surface area contributed by atoms with E-state index in [9.17, 15) is 4.79 Å². The van der Waals surface area contributed by atoms with E-state index in [4.69, 9.17) is 4.74 Å². The van der Waals surface area contributed by atoms with E-state index >= 15 is 0 Å². The molecule has 0 aliphatic rings. The van der Waals surface area contributed by atoms with Crippen molar-refractivity contribution in [3.63, 3.8) is 0 Å². The van der Waals surface area contributed by atoms with Crippen LogP contribution in [0.3, 0.4) is 0 Å². The molecule has 0 aliphatic carbocycles. The van der Waals surface area contributed by atoms with Crippen molar-refractivity contribution in [3.8, 4) is 5.75 Å². The van der Waals surface area contributed by atoms with Crippen LogP contribution in [0.25, 0.3) is 0 Å². The van der Waals surface area contributed by atoms with Crippen molar-refractivity contribution in [2.45, 2.75) is 46.1 Å². The van der Waals surface area contributed by atoms with Gasteiger partial charge >= 0.3 is 0 Å². The summed E-state index contributed by atoms with van der Waals surface area (Å²) in [4.78, 5) is 11.7. The molecule has 0 saturated carbocycles. The average molecular weight is 292 g/mol. The van der Waals surface area contributed by atoms with Crippen LogP contribution in [-0.2, 0) is 4.79 Å². The maximum absolute atomic E-state index is 11.7. The van der Waals surface area contributed by atoms with Crippen LogP contribution in [0.2, 0.25) is 0 Å². The number of hydrogen-bond acceptors (Lipinski definition) is 3. The molecule has 0 spiro atoms. The highest BCUT2D eigenvalue weighted by molar-refractivity contribution is 5.77. The van der Waals surface area contributed by atoms with Crippen LogP contribution in [-0.4, -0.2) is 25.6 Å². The Kier molecular flexibility index (Phi) is 8.51. The third-order valence-corrected chi connectivity index (χ3v) is 3.30. The molecule has 1 unspecified atom stereocenters. The van der Waals surface area contributed by atoms with Gasteiger partial charge in [-0.15, -0.1) is 0 Å². The smallest absolute Gasteiger partial charge is 0.257 e. The first-order valence-corrected chi connectivity index (χ1v) is 7.90. The molecule has 0 saturated heterocycles. The van der Waals surface area contributed by atoms with Crippen molar-refractivity contribution in [2.24, 2.45) is 0 Å². The topological polar surface area (TPSA) is 50.4 Å². The van der Waals surface area contributed by atoms with E-state index < -0.39 is 0 Å². The van der Waals surface area contributed by atoms with E-state index in [1.807, 2.05) is 24.3 Å². The fraction of sp³-hybridized carbons (Fsp3) is 0.588. The Morgan fingerprint density at radius 3 is 2.67 bits per heavy atom. The molecule has 118 valence electrons. The molecule has 1 aromatic rings. The van der Waals surface area contributed by atoms with Crippen molar-refractivity contribution in [3.05, 3.63) is 29.8 Å². The first-order chi connectivity index (χ1) is 10.2. The summed E-state index contributed by atoms with van der Waals surface area (Å²) in [5, 5.41) is 6.30. The first kappa shape index (κ1) is 17.5. The van der Waals surface area contributed by atoms with Gasteiger partial charge in [0.25, 0.3) is 5.91 Å². The number of rotatable bonds is 10. The zero-order chi connectivity index (χ0) is 15.5. The van der Waals surface area contributed by atoms with Crippen LogP contribution < -0.4 is 15.4 Å². The number of hydrogen-bond donors (Lipinski definition) is 2. The zero-order valence-electron chi connectivity index (χ0n) is 13.4. The van der Waals surface area contributed by atoms with Crippen molar-refractivity contribution >= 4 is 5.91 Å². The first-order valence-electron chi connectivity index (χ1n) is 7.90. The molecule has 2 N–H and O–H groups in total. The molecule has 0 radical (unpaired) electrons. The molecule has 0 heterocycles. The summed E-state index contributed by atoms with van der Waals surface area (Å²) in [5.74, 6) is 0.715. The van der Waals surface area contributed by atoms with Crippen LogP contribution in [0.4, 0.5) is 0 Å². The molecule has 1 atom stereocenters. The minimum absolute atomic E-state index is 0.0626. The second-order valence-corrected chi connectivity index (χ2v) is 5.21. The Labute approximate surface area is 128 Å². The van der Waals surface area contributed by atoms with Gasteiger partial charge in [0, 0.05) is 18.2 Å². The summed E-state index contributed by atoms with van der Waals surface area (Å²) < 4.78 is 5.68. The SMILES string of the molecule is CCCCNC(=O)COc1ccccc1C(C)NCCC. The monoisotopic (exact) mass is 292 g/mol. The molecular formula is C17H28N2O2. The maximum atomic E-state index is 11.7. The number of unbranched alkanes of at least 4 members (excludes halogenated alkanes) is 1. The highest BCUT2D eigenvalue weighted by Gasteiger charge is 2.11. The summed E-state index contributed by atoms with van der Waals surface area (Å²) >= 11 is 0. The fourth-order valence-corrected chi connectivity index (χ4v) is 2.04. The summed E-state index contributed by atoms with van der Waals surface area (Å²) in [5.41, 5.74) is 1.09. The van der Waals surface area contributed by atoms with Crippen LogP contribution in [0.5, 0.6) is 5.75 Å². The van der Waals surface area contributed by atoms with E-state index in [1.54, 1.807) is 0 Å². The van der Waals surface area contributed by atoms with Crippen LogP contribution in [0, 0.1) is 0 Å². The predicted octanol–water partition coefficient (Wildman–Crippen LogP) is 3.04. The van der Waals surface area contributed by atoms with Gasteiger partial charge in [-0.2, -0.15) is 0 Å². The average Bonchev–Trinajstić information content (AvgIpc) is 2.51. The van der Waals surface area contributed by atoms with Crippen molar-refractivity contribution in [2.75, 3.05) is 19.7 Å². The number of amides is 1. The fourth-order valence-electron chi connectivity index (χ4n) is 2.04.